The molecule has 114 valence electrons. The van der Waals surface area contributed by atoms with Crippen LogP contribution in [-0.2, 0) is 10.0 Å². The first-order valence-corrected chi connectivity index (χ1v) is 8.27. The molecule has 1 aliphatic rings. The molecule has 0 N–H and O–H groups in total. The number of anilines is 1. The van der Waals surface area contributed by atoms with E-state index in [0.29, 0.717) is 11.3 Å². The molecule has 1 heterocycles. The summed E-state index contributed by atoms with van der Waals surface area (Å²) in [5, 5.41) is 0. The van der Waals surface area contributed by atoms with Crippen molar-refractivity contribution in [3.8, 4) is 0 Å². The number of ketones is 1. The van der Waals surface area contributed by atoms with Crippen molar-refractivity contribution >= 4 is 21.5 Å². The maximum absolute atomic E-state index is 13.0. The third-order valence-corrected chi connectivity index (χ3v) is 5.52. The number of carbonyl (C=O) groups is 1. The van der Waals surface area contributed by atoms with Crippen LogP contribution in [0.3, 0.4) is 0 Å². The van der Waals surface area contributed by atoms with Crippen molar-refractivity contribution in [1.82, 2.24) is 0 Å². The van der Waals surface area contributed by atoms with Crippen LogP contribution in [0.15, 0.2) is 53.4 Å². The lowest BCUT2D eigenvalue weighted by Gasteiger charge is -2.32. The van der Waals surface area contributed by atoms with Crippen LogP contribution < -0.4 is 4.31 Å². The van der Waals surface area contributed by atoms with Gasteiger partial charge in [0.15, 0.2) is 5.78 Å². The summed E-state index contributed by atoms with van der Waals surface area (Å²) in [6.45, 7) is 1.78. The zero-order chi connectivity index (χ0) is 15.9. The van der Waals surface area contributed by atoms with Gasteiger partial charge in [-0.3, -0.25) is 9.10 Å². The van der Waals surface area contributed by atoms with Crippen LogP contribution >= 0.6 is 0 Å². The molecule has 1 aliphatic heterocycles. The highest BCUT2D eigenvalue weighted by atomic mass is 32.2. The number of benzene rings is 2. The van der Waals surface area contributed by atoms with Gasteiger partial charge in [0, 0.05) is 18.0 Å². The first kappa shape index (κ1) is 14.7. The number of para-hydroxylation sites is 1. The van der Waals surface area contributed by atoms with Crippen molar-refractivity contribution in [3.63, 3.8) is 0 Å². The predicted molar refractivity (Wildman–Crippen MR) is 80.9 cm³/mol. The summed E-state index contributed by atoms with van der Waals surface area (Å²) >= 11 is 0. The molecule has 0 spiro atoms. The zero-order valence-electron chi connectivity index (χ0n) is 11.9. The number of carbonyl (C=O) groups excluding carboxylic acids is 1. The van der Waals surface area contributed by atoms with Gasteiger partial charge in [-0.25, -0.2) is 12.8 Å². The lowest BCUT2D eigenvalue weighted by Crippen LogP contribution is -2.41. The number of fused-ring (bicyclic) bond motifs is 1. The molecule has 22 heavy (non-hydrogen) atoms. The summed E-state index contributed by atoms with van der Waals surface area (Å²) < 4.78 is 39.9. The fraction of sp³-hybridized carbons (Fsp3) is 0.188. The smallest absolute Gasteiger partial charge is 0.264 e. The minimum Gasteiger partial charge on any atom is -0.294 e. The normalized spacial score (nSPS) is 18.2. The van der Waals surface area contributed by atoms with Crippen molar-refractivity contribution < 1.29 is 17.6 Å². The molecule has 0 amide bonds. The lowest BCUT2D eigenvalue weighted by molar-refractivity contribution is 0.0929. The van der Waals surface area contributed by atoms with E-state index in [1.54, 1.807) is 31.2 Å². The van der Waals surface area contributed by atoms with Crippen LogP contribution in [0.2, 0.25) is 0 Å². The fourth-order valence-electron chi connectivity index (χ4n) is 2.56. The van der Waals surface area contributed by atoms with Gasteiger partial charge < -0.3 is 0 Å². The number of hydrogen-bond donors (Lipinski definition) is 0. The minimum absolute atomic E-state index is 0.00486. The second-order valence-electron chi connectivity index (χ2n) is 5.27. The Labute approximate surface area is 128 Å². The molecule has 6 heteroatoms. The standard InChI is InChI=1S/C16H14FNO3S/c1-11-10-18(15-5-3-2-4-14(15)16(11)19)22(20,21)13-8-6-12(17)7-9-13/h2-9,11H,10H2,1H3. The summed E-state index contributed by atoms with van der Waals surface area (Å²) in [4.78, 5) is 12.2. The first-order valence-electron chi connectivity index (χ1n) is 6.83. The molecular weight excluding hydrogens is 305 g/mol. The Balaban J connectivity index is 2.13. The third kappa shape index (κ3) is 2.29. The average molecular weight is 319 g/mol. The quantitative estimate of drug-likeness (QED) is 0.855. The molecule has 0 aliphatic carbocycles. The summed E-state index contributed by atoms with van der Waals surface area (Å²) in [7, 11) is -3.83. The van der Waals surface area contributed by atoms with Crippen LogP contribution in [0.5, 0.6) is 0 Å². The summed E-state index contributed by atoms with van der Waals surface area (Å²) in [5.41, 5.74) is 0.766. The lowest BCUT2D eigenvalue weighted by atomic mass is 9.94. The van der Waals surface area contributed by atoms with E-state index in [4.69, 9.17) is 0 Å². The van der Waals surface area contributed by atoms with Gasteiger partial charge in [0.25, 0.3) is 10.0 Å². The van der Waals surface area contributed by atoms with Gasteiger partial charge >= 0.3 is 0 Å². The van der Waals surface area contributed by atoms with Gasteiger partial charge in [0.05, 0.1) is 10.6 Å². The molecule has 2 aromatic rings. The number of rotatable bonds is 2. The van der Waals surface area contributed by atoms with E-state index >= 15 is 0 Å². The van der Waals surface area contributed by atoms with Crippen molar-refractivity contribution in [3.05, 3.63) is 59.9 Å². The Morgan fingerprint density at radius 1 is 1.09 bits per heavy atom. The average Bonchev–Trinajstić information content (AvgIpc) is 2.51. The van der Waals surface area contributed by atoms with Gasteiger partial charge in [0.2, 0.25) is 0 Å². The second kappa shape index (κ2) is 5.21. The van der Waals surface area contributed by atoms with E-state index < -0.39 is 21.8 Å². The monoisotopic (exact) mass is 319 g/mol. The zero-order valence-corrected chi connectivity index (χ0v) is 12.7. The molecule has 0 saturated heterocycles. The molecule has 0 bridgehead atoms. The Hall–Kier alpha value is -2.21. The van der Waals surface area contributed by atoms with Crippen LogP contribution in [0.1, 0.15) is 17.3 Å². The molecule has 0 aromatic heterocycles. The number of sulfonamides is 1. The summed E-state index contributed by atoms with van der Waals surface area (Å²) in [5.74, 6) is -0.993. The number of Topliss-reactive ketones (excluding diaryl/α,β-unsaturated/α-hetero) is 1. The Kier molecular flexibility index (Phi) is 3.48. The number of hydrogen-bond acceptors (Lipinski definition) is 3. The SMILES string of the molecule is CC1CN(S(=O)(=O)c2ccc(F)cc2)c2ccccc2C1=O. The van der Waals surface area contributed by atoms with E-state index in [0.717, 1.165) is 12.1 Å². The van der Waals surface area contributed by atoms with Crippen molar-refractivity contribution in [1.29, 1.82) is 0 Å². The van der Waals surface area contributed by atoms with Gasteiger partial charge in [-0.1, -0.05) is 19.1 Å². The van der Waals surface area contributed by atoms with Crippen molar-refractivity contribution in [2.24, 2.45) is 5.92 Å². The largest absolute Gasteiger partial charge is 0.294 e. The van der Waals surface area contributed by atoms with Crippen molar-refractivity contribution in [2.45, 2.75) is 11.8 Å². The van der Waals surface area contributed by atoms with E-state index in [1.807, 2.05) is 0 Å². The summed E-state index contributed by atoms with van der Waals surface area (Å²) in [6.07, 6.45) is 0. The molecule has 3 rings (SSSR count). The van der Waals surface area contributed by atoms with Gasteiger partial charge in [0.1, 0.15) is 5.82 Å². The molecule has 4 nitrogen and oxygen atoms in total. The van der Waals surface area contributed by atoms with E-state index in [1.165, 1.54) is 16.4 Å². The van der Waals surface area contributed by atoms with Crippen LogP contribution in [0.4, 0.5) is 10.1 Å². The fourth-order valence-corrected chi connectivity index (χ4v) is 4.13. The maximum Gasteiger partial charge on any atom is 0.264 e. The van der Waals surface area contributed by atoms with Crippen molar-refractivity contribution in [2.75, 3.05) is 10.8 Å². The highest BCUT2D eigenvalue weighted by Gasteiger charge is 2.35. The highest BCUT2D eigenvalue weighted by Crippen LogP contribution is 2.33. The van der Waals surface area contributed by atoms with E-state index in [-0.39, 0.29) is 17.2 Å². The predicted octanol–water partition coefficient (Wildman–Crippen LogP) is 2.85. The maximum atomic E-state index is 13.0. The minimum atomic E-state index is -3.83. The second-order valence-corrected chi connectivity index (χ2v) is 7.13. The Bertz CT molecular complexity index is 831. The van der Waals surface area contributed by atoms with Crippen LogP contribution in [0, 0.1) is 11.7 Å². The molecule has 0 radical (unpaired) electrons. The molecule has 1 unspecified atom stereocenters. The molecular formula is C16H14FNO3S. The molecule has 0 fully saturated rings. The Morgan fingerprint density at radius 2 is 1.73 bits per heavy atom. The van der Waals surface area contributed by atoms with Gasteiger partial charge in [-0.15, -0.1) is 0 Å². The number of halogens is 1. The number of nitrogens with zero attached hydrogens (tertiary/aromatic N) is 1. The third-order valence-electron chi connectivity index (χ3n) is 3.73. The Morgan fingerprint density at radius 3 is 2.41 bits per heavy atom. The van der Waals surface area contributed by atoms with Gasteiger partial charge in [-0.05, 0) is 36.4 Å². The highest BCUT2D eigenvalue weighted by molar-refractivity contribution is 7.92. The van der Waals surface area contributed by atoms with E-state index in [2.05, 4.69) is 0 Å². The van der Waals surface area contributed by atoms with E-state index in [9.17, 15) is 17.6 Å². The molecule has 1 atom stereocenters. The van der Waals surface area contributed by atoms with Crippen LogP contribution in [-0.4, -0.2) is 20.7 Å². The van der Waals surface area contributed by atoms with Crippen LogP contribution in [0.25, 0.3) is 0 Å². The van der Waals surface area contributed by atoms with Gasteiger partial charge in [-0.2, -0.15) is 0 Å². The topological polar surface area (TPSA) is 54.5 Å². The molecule has 0 saturated carbocycles. The molecule has 2 aromatic carbocycles. The first-order chi connectivity index (χ1) is 10.4. The summed E-state index contributed by atoms with van der Waals surface area (Å²) in [6, 6.07) is 11.3.